The van der Waals surface area contributed by atoms with E-state index in [4.69, 9.17) is 5.73 Å². The summed E-state index contributed by atoms with van der Waals surface area (Å²) in [5, 5.41) is 3.40. The van der Waals surface area contributed by atoms with Crippen molar-refractivity contribution in [3.8, 4) is 0 Å². The average Bonchev–Trinajstić information content (AvgIpc) is 2.73. The van der Waals surface area contributed by atoms with Gasteiger partial charge in [-0.2, -0.15) is 0 Å². The highest BCUT2D eigenvalue weighted by atomic mass is 16.1. The smallest absolute Gasteiger partial charge is 0.174 e. The topological polar surface area (TPSA) is 55.1 Å². The molecule has 0 saturated carbocycles. The van der Waals surface area contributed by atoms with Crippen molar-refractivity contribution in [2.45, 2.75) is 25.4 Å². The van der Waals surface area contributed by atoms with Crippen molar-refractivity contribution in [1.29, 1.82) is 0 Å². The molecule has 0 aliphatic heterocycles. The van der Waals surface area contributed by atoms with Crippen LogP contribution in [0.3, 0.4) is 0 Å². The van der Waals surface area contributed by atoms with E-state index in [1.807, 2.05) is 78.9 Å². The first-order valence-corrected chi connectivity index (χ1v) is 9.56. The molecule has 0 bridgehead atoms. The zero-order valence-electron chi connectivity index (χ0n) is 15.9. The summed E-state index contributed by atoms with van der Waals surface area (Å²) in [4.78, 5) is 13.0. The molecule has 3 aromatic carbocycles. The fourth-order valence-corrected chi connectivity index (χ4v) is 3.13. The normalized spacial score (nSPS) is 12.5. The van der Waals surface area contributed by atoms with E-state index in [0.717, 1.165) is 16.7 Å². The van der Waals surface area contributed by atoms with Crippen LogP contribution in [0.2, 0.25) is 0 Å². The molecule has 0 radical (unpaired) electrons. The predicted octanol–water partition coefficient (Wildman–Crippen LogP) is 4.04. The molecule has 28 heavy (non-hydrogen) atoms. The van der Waals surface area contributed by atoms with Gasteiger partial charge < -0.3 is 11.1 Å². The van der Waals surface area contributed by atoms with Crippen molar-refractivity contribution in [3.63, 3.8) is 0 Å². The lowest BCUT2D eigenvalue weighted by Gasteiger charge is -2.17. The highest BCUT2D eigenvalue weighted by Gasteiger charge is 2.17. The Morgan fingerprint density at radius 2 is 1.29 bits per heavy atom. The summed E-state index contributed by atoms with van der Waals surface area (Å²) in [6, 6.07) is 29.8. The molecule has 0 amide bonds. The Hall–Kier alpha value is -3.17. The number of rotatable bonds is 9. The molecule has 0 heterocycles. The van der Waals surface area contributed by atoms with Crippen molar-refractivity contribution < 1.29 is 4.79 Å². The van der Waals surface area contributed by atoms with E-state index in [1.165, 1.54) is 0 Å². The van der Waals surface area contributed by atoms with Crippen molar-refractivity contribution in [2.75, 3.05) is 0 Å². The Kier molecular flexibility index (Phi) is 7.16. The number of allylic oxidation sites excluding steroid dienone is 1. The third-order valence-corrected chi connectivity index (χ3v) is 4.60. The quantitative estimate of drug-likeness (QED) is 0.559. The van der Waals surface area contributed by atoms with E-state index in [9.17, 15) is 4.79 Å². The number of carbonyl (C=O) groups is 1. The zero-order valence-corrected chi connectivity index (χ0v) is 15.9. The van der Waals surface area contributed by atoms with Gasteiger partial charge in [-0.3, -0.25) is 4.79 Å². The van der Waals surface area contributed by atoms with Gasteiger partial charge in [-0.1, -0.05) is 91.0 Å². The molecule has 0 aromatic heterocycles. The Morgan fingerprint density at radius 1 is 0.786 bits per heavy atom. The third-order valence-electron chi connectivity index (χ3n) is 4.60. The second kappa shape index (κ2) is 10.2. The van der Waals surface area contributed by atoms with E-state index < -0.39 is 0 Å². The molecule has 0 unspecified atom stereocenters. The Morgan fingerprint density at radius 3 is 1.86 bits per heavy atom. The Balaban J connectivity index is 1.70. The lowest BCUT2D eigenvalue weighted by Crippen LogP contribution is -2.37. The number of nitrogens with one attached hydrogen (secondary N) is 1. The van der Waals surface area contributed by atoms with E-state index in [2.05, 4.69) is 17.4 Å². The van der Waals surface area contributed by atoms with Crippen LogP contribution in [-0.2, 0) is 24.2 Å². The molecule has 0 aliphatic rings. The molecule has 142 valence electrons. The highest BCUT2D eigenvalue weighted by Crippen LogP contribution is 2.09. The second-order valence-corrected chi connectivity index (χ2v) is 6.89. The summed E-state index contributed by atoms with van der Waals surface area (Å²) < 4.78 is 0. The van der Waals surface area contributed by atoms with Gasteiger partial charge in [0.15, 0.2) is 5.78 Å². The van der Waals surface area contributed by atoms with Crippen LogP contribution >= 0.6 is 0 Å². The van der Waals surface area contributed by atoms with Gasteiger partial charge in [-0.15, -0.1) is 0 Å². The van der Waals surface area contributed by atoms with Crippen molar-refractivity contribution in [2.24, 2.45) is 5.73 Å². The molecule has 0 spiro atoms. The first kappa shape index (κ1) is 19.6. The molecule has 3 rings (SSSR count). The molecule has 0 aliphatic carbocycles. The lowest BCUT2D eigenvalue weighted by molar-refractivity contribution is -0.116. The van der Waals surface area contributed by atoms with E-state index in [0.29, 0.717) is 25.1 Å². The molecule has 3 aromatic rings. The predicted molar refractivity (Wildman–Crippen MR) is 115 cm³/mol. The molecule has 1 atom stereocenters. The van der Waals surface area contributed by atoms with E-state index >= 15 is 0 Å². The van der Waals surface area contributed by atoms with Gasteiger partial charge >= 0.3 is 0 Å². The van der Waals surface area contributed by atoms with Gasteiger partial charge in [-0.25, -0.2) is 0 Å². The van der Waals surface area contributed by atoms with Gasteiger partial charge in [0.25, 0.3) is 0 Å². The van der Waals surface area contributed by atoms with Crippen LogP contribution in [0, 0.1) is 0 Å². The van der Waals surface area contributed by atoms with Crippen LogP contribution in [0.15, 0.2) is 103 Å². The number of ketones is 1. The molecule has 3 heteroatoms. The SMILES string of the molecule is N/C(=C\C(=O)[C@H](Cc1ccccc1)NCc1ccccc1)Cc1ccccc1. The van der Waals surface area contributed by atoms with Gasteiger partial charge in [0.05, 0.1) is 6.04 Å². The summed E-state index contributed by atoms with van der Waals surface area (Å²) in [6.45, 7) is 0.635. The molecular formula is C25H26N2O. The summed E-state index contributed by atoms with van der Waals surface area (Å²) >= 11 is 0. The van der Waals surface area contributed by atoms with Crippen molar-refractivity contribution in [1.82, 2.24) is 5.32 Å². The first-order chi connectivity index (χ1) is 13.7. The maximum atomic E-state index is 13.0. The molecular weight excluding hydrogens is 344 g/mol. The summed E-state index contributed by atoms with van der Waals surface area (Å²) in [7, 11) is 0. The van der Waals surface area contributed by atoms with Crippen molar-refractivity contribution >= 4 is 5.78 Å². The minimum atomic E-state index is -0.322. The monoisotopic (exact) mass is 370 g/mol. The van der Waals surface area contributed by atoms with Crippen LogP contribution in [-0.4, -0.2) is 11.8 Å². The molecule has 0 fully saturated rings. The van der Waals surface area contributed by atoms with Gasteiger partial charge in [0.1, 0.15) is 0 Å². The van der Waals surface area contributed by atoms with Crippen LogP contribution in [0.1, 0.15) is 16.7 Å². The number of hydrogen-bond acceptors (Lipinski definition) is 3. The Bertz CT molecular complexity index is 890. The number of benzene rings is 3. The van der Waals surface area contributed by atoms with Crippen LogP contribution in [0.4, 0.5) is 0 Å². The number of nitrogens with two attached hydrogens (primary N) is 1. The summed E-state index contributed by atoms with van der Waals surface area (Å²) in [5.74, 6) is 0.00761. The number of hydrogen-bond donors (Lipinski definition) is 2. The minimum absolute atomic E-state index is 0.00761. The van der Waals surface area contributed by atoms with E-state index in [-0.39, 0.29) is 11.8 Å². The maximum absolute atomic E-state index is 13.0. The maximum Gasteiger partial charge on any atom is 0.174 e. The summed E-state index contributed by atoms with van der Waals surface area (Å²) in [5.41, 5.74) is 10.1. The molecule has 3 N–H and O–H groups in total. The Labute approximate surface area is 166 Å². The number of carbonyl (C=O) groups excluding carboxylic acids is 1. The van der Waals surface area contributed by atoms with E-state index in [1.54, 1.807) is 6.08 Å². The standard InChI is InChI=1S/C25H26N2O/c26-23(16-20-10-4-1-5-11-20)18-25(28)24(17-21-12-6-2-7-13-21)27-19-22-14-8-3-9-15-22/h1-15,18,24,27H,16-17,19,26H2/b23-18-/t24-/m0/s1. The second-order valence-electron chi connectivity index (χ2n) is 6.89. The fourth-order valence-electron chi connectivity index (χ4n) is 3.13. The third kappa shape index (κ3) is 6.22. The fraction of sp³-hybridized carbons (Fsp3) is 0.160. The molecule has 3 nitrogen and oxygen atoms in total. The first-order valence-electron chi connectivity index (χ1n) is 9.56. The molecule has 0 saturated heterocycles. The largest absolute Gasteiger partial charge is 0.402 e. The van der Waals surface area contributed by atoms with Gasteiger partial charge in [-0.05, 0) is 23.1 Å². The lowest BCUT2D eigenvalue weighted by atomic mass is 10.00. The zero-order chi connectivity index (χ0) is 19.6. The van der Waals surface area contributed by atoms with Crippen LogP contribution < -0.4 is 11.1 Å². The van der Waals surface area contributed by atoms with Crippen LogP contribution in [0.25, 0.3) is 0 Å². The van der Waals surface area contributed by atoms with Crippen LogP contribution in [0.5, 0.6) is 0 Å². The van der Waals surface area contributed by atoms with Crippen molar-refractivity contribution in [3.05, 3.63) is 119 Å². The van der Waals surface area contributed by atoms with Gasteiger partial charge in [0.2, 0.25) is 0 Å². The summed E-state index contributed by atoms with van der Waals surface area (Å²) in [6.07, 6.45) is 2.78. The minimum Gasteiger partial charge on any atom is -0.402 e. The van der Waals surface area contributed by atoms with Gasteiger partial charge in [0, 0.05) is 24.7 Å². The highest BCUT2D eigenvalue weighted by molar-refractivity contribution is 5.95. The average molecular weight is 370 g/mol.